The molecule has 1 nitrogen and oxygen atoms in total. The van der Waals surface area contributed by atoms with Crippen molar-refractivity contribution in [1.29, 1.82) is 0 Å². The molecular weight excluding hydrogens is 172 g/mol. The standard InChI is InChI=1S/C13H18O/c1-13(2,3)9-10-14-11-12-7-5-4-6-8-12/h4-10H,11H2,1-3H3/b10-9+. The van der Waals surface area contributed by atoms with Gasteiger partial charge in [-0.25, -0.2) is 0 Å². The summed E-state index contributed by atoms with van der Waals surface area (Å²) in [6.07, 6.45) is 3.85. The summed E-state index contributed by atoms with van der Waals surface area (Å²) in [7, 11) is 0. The van der Waals surface area contributed by atoms with Crippen molar-refractivity contribution in [1.82, 2.24) is 0 Å². The third kappa shape index (κ3) is 4.70. The van der Waals surface area contributed by atoms with Crippen LogP contribution in [0.2, 0.25) is 0 Å². The van der Waals surface area contributed by atoms with Crippen molar-refractivity contribution in [2.24, 2.45) is 5.41 Å². The Balaban J connectivity index is 2.33. The highest BCUT2D eigenvalue weighted by molar-refractivity contribution is 5.13. The SMILES string of the molecule is CC(C)(C)/C=C/OCc1ccccc1. The number of rotatable bonds is 3. The molecule has 0 aliphatic heterocycles. The third-order valence-electron chi connectivity index (χ3n) is 1.76. The first-order chi connectivity index (χ1) is 6.58. The molecule has 0 aliphatic carbocycles. The van der Waals surface area contributed by atoms with Crippen LogP contribution in [-0.4, -0.2) is 0 Å². The fourth-order valence-corrected chi connectivity index (χ4v) is 0.971. The molecule has 0 N–H and O–H groups in total. The summed E-state index contributed by atoms with van der Waals surface area (Å²) in [6.45, 7) is 7.09. The Labute approximate surface area is 86.4 Å². The van der Waals surface area contributed by atoms with E-state index in [9.17, 15) is 0 Å². The minimum absolute atomic E-state index is 0.191. The van der Waals surface area contributed by atoms with Gasteiger partial charge in [0.25, 0.3) is 0 Å². The second kappa shape index (κ2) is 4.85. The van der Waals surface area contributed by atoms with E-state index >= 15 is 0 Å². The second-order valence-corrected chi connectivity index (χ2v) is 4.47. The Hall–Kier alpha value is -1.24. The highest BCUT2D eigenvalue weighted by Crippen LogP contribution is 2.14. The first-order valence-corrected chi connectivity index (χ1v) is 4.91. The van der Waals surface area contributed by atoms with Crippen LogP contribution in [0.25, 0.3) is 0 Å². The third-order valence-corrected chi connectivity index (χ3v) is 1.76. The quantitative estimate of drug-likeness (QED) is 0.659. The van der Waals surface area contributed by atoms with Crippen molar-refractivity contribution in [2.75, 3.05) is 0 Å². The van der Waals surface area contributed by atoms with Crippen LogP contribution in [-0.2, 0) is 11.3 Å². The summed E-state index contributed by atoms with van der Waals surface area (Å²) in [6, 6.07) is 10.2. The van der Waals surface area contributed by atoms with E-state index < -0.39 is 0 Å². The molecule has 0 aliphatic rings. The van der Waals surface area contributed by atoms with Gasteiger partial charge in [-0.1, -0.05) is 51.1 Å². The highest BCUT2D eigenvalue weighted by Gasteiger charge is 2.03. The number of hydrogen-bond acceptors (Lipinski definition) is 1. The predicted molar refractivity (Wildman–Crippen MR) is 59.8 cm³/mol. The number of benzene rings is 1. The molecule has 0 atom stereocenters. The summed E-state index contributed by atoms with van der Waals surface area (Å²) in [5.74, 6) is 0. The van der Waals surface area contributed by atoms with E-state index in [1.807, 2.05) is 18.2 Å². The first-order valence-electron chi connectivity index (χ1n) is 4.91. The predicted octanol–water partition coefficient (Wildman–Crippen LogP) is 3.76. The molecule has 0 spiro atoms. The van der Waals surface area contributed by atoms with Crippen molar-refractivity contribution >= 4 is 0 Å². The van der Waals surface area contributed by atoms with E-state index in [0.29, 0.717) is 6.61 Å². The van der Waals surface area contributed by atoms with Crippen LogP contribution >= 0.6 is 0 Å². The molecule has 0 radical (unpaired) electrons. The molecule has 0 aromatic heterocycles. The Kier molecular flexibility index (Phi) is 3.75. The zero-order chi connectivity index (χ0) is 10.4. The van der Waals surface area contributed by atoms with Crippen LogP contribution in [0.1, 0.15) is 26.3 Å². The molecule has 1 rings (SSSR count). The topological polar surface area (TPSA) is 9.23 Å². The van der Waals surface area contributed by atoms with Gasteiger partial charge in [-0.15, -0.1) is 0 Å². The smallest absolute Gasteiger partial charge is 0.112 e. The minimum atomic E-state index is 0.191. The van der Waals surface area contributed by atoms with Crippen molar-refractivity contribution < 1.29 is 4.74 Å². The summed E-state index contributed by atoms with van der Waals surface area (Å²) in [4.78, 5) is 0. The minimum Gasteiger partial charge on any atom is -0.497 e. The average Bonchev–Trinajstić information content (AvgIpc) is 2.13. The van der Waals surface area contributed by atoms with Gasteiger partial charge in [-0.3, -0.25) is 0 Å². The van der Waals surface area contributed by atoms with Gasteiger partial charge in [0.15, 0.2) is 0 Å². The van der Waals surface area contributed by atoms with Gasteiger partial charge in [0.2, 0.25) is 0 Å². The molecule has 0 heterocycles. The van der Waals surface area contributed by atoms with Gasteiger partial charge in [-0.05, 0) is 17.1 Å². The normalized spacial score (nSPS) is 11.9. The van der Waals surface area contributed by atoms with Gasteiger partial charge >= 0.3 is 0 Å². The number of hydrogen-bond donors (Lipinski definition) is 0. The Morgan fingerprint density at radius 1 is 1.14 bits per heavy atom. The van der Waals surface area contributed by atoms with Gasteiger partial charge in [0, 0.05) is 0 Å². The van der Waals surface area contributed by atoms with Gasteiger partial charge in [0.05, 0.1) is 6.26 Å². The molecule has 76 valence electrons. The first kappa shape index (κ1) is 10.8. The van der Waals surface area contributed by atoms with E-state index in [1.54, 1.807) is 6.26 Å². The lowest BCUT2D eigenvalue weighted by molar-refractivity contribution is 0.232. The van der Waals surface area contributed by atoms with Crippen LogP contribution in [0.3, 0.4) is 0 Å². The largest absolute Gasteiger partial charge is 0.497 e. The van der Waals surface area contributed by atoms with Crippen molar-refractivity contribution in [3.63, 3.8) is 0 Å². The lowest BCUT2D eigenvalue weighted by Gasteiger charge is -2.10. The molecule has 1 heteroatoms. The maximum absolute atomic E-state index is 5.42. The van der Waals surface area contributed by atoms with Crippen LogP contribution in [0.15, 0.2) is 42.7 Å². The zero-order valence-electron chi connectivity index (χ0n) is 9.16. The summed E-state index contributed by atoms with van der Waals surface area (Å²) in [5.41, 5.74) is 1.39. The van der Waals surface area contributed by atoms with Gasteiger partial charge < -0.3 is 4.74 Å². The van der Waals surface area contributed by atoms with Crippen molar-refractivity contribution in [3.05, 3.63) is 48.2 Å². The second-order valence-electron chi connectivity index (χ2n) is 4.47. The molecule has 1 aromatic rings. The van der Waals surface area contributed by atoms with Crippen LogP contribution < -0.4 is 0 Å². The van der Waals surface area contributed by atoms with Crippen LogP contribution in [0.4, 0.5) is 0 Å². The maximum atomic E-state index is 5.42. The van der Waals surface area contributed by atoms with E-state index in [1.165, 1.54) is 5.56 Å². The Bertz CT molecular complexity index is 280. The van der Waals surface area contributed by atoms with E-state index in [2.05, 4.69) is 39.0 Å². The Morgan fingerprint density at radius 3 is 2.36 bits per heavy atom. The van der Waals surface area contributed by atoms with Gasteiger partial charge in [0.1, 0.15) is 6.61 Å². The van der Waals surface area contributed by atoms with E-state index in [-0.39, 0.29) is 5.41 Å². The van der Waals surface area contributed by atoms with Crippen LogP contribution in [0, 0.1) is 5.41 Å². The number of allylic oxidation sites excluding steroid dienone is 1. The number of ether oxygens (including phenoxy) is 1. The van der Waals surface area contributed by atoms with Crippen LogP contribution in [0.5, 0.6) is 0 Å². The fraction of sp³-hybridized carbons (Fsp3) is 0.385. The lowest BCUT2D eigenvalue weighted by Crippen LogP contribution is -1.99. The molecule has 0 unspecified atom stereocenters. The molecule has 0 fully saturated rings. The molecule has 1 aromatic carbocycles. The van der Waals surface area contributed by atoms with E-state index in [0.717, 1.165) is 0 Å². The molecule has 0 saturated carbocycles. The molecule has 0 amide bonds. The zero-order valence-corrected chi connectivity index (χ0v) is 9.16. The van der Waals surface area contributed by atoms with E-state index in [4.69, 9.17) is 4.74 Å². The molecule has 14 heavy (non-hydrogen) atoms. The molecule has 0 bridgehead atoms. The molecule has 0 saturated heterocycles. The summed E-state index contributed by atoms with van der Waals surface area (Å²) >= 11 is 0. The summed E-state index contributed by atoms with van der Waals surface area (Å²) in [5, 5.41) is 0. The van der Waals surface area contributed by atoms with Gasteiger partial charge in [-0.2, -0.15) is 0 Å². The maximum Gasteiger partial charge on any atom is 0.112 e. The van der Waals surface area contributed by atoms with Crippen molar-refractivity contribution in [2.45, 2.75) is 27.4 Å². The lowest BCUT2D eigenvalue weighted by atomic mass is 9.97. The highest BCUT2D eigenvalue weighted by atomic mass is 16.5. The monoisotopic (exact) mass is 190 g/mol. The summed E-state index contributed by atoms with van der Waals surface area (Å²) < 4.78 is 5.42. The van der Waals surface area contributed by atoms with Crippen molar-refractivity contribution in [3.8, 4) is 0 Å². The average molecular weight is 190 g/mol. The Morgan fingerprint density at radius 2 is 1.79 bits per heavy atom. The fourth-order valence-electron chi connectivity index (χ4n) is 0.971. The molecular formula is C13H18O.